The monoisotopic (exact) mass is 391 g/mol. The van der Waals surface area contributed by atoms with Crippen LogP contribution in [0.1, 0.15) is 18.2 Å². The number of nitrogens with zero attached hydrogens (tertiary/aromatic N) is 2. The minimum absolute atomic E-state index is 0.0453. The van der Waals surface area contributed by atoms with Gasteiger partial charge in [0.25, 0.3) is 0 Å². The molecule has 0 aliphatic heterocycles. The molecule has 0 aliphatic rings. The molecule has 0 atom stereocenters. The number of ether oxygens (including phenoxy) is 1. The third kappa shape index (κ3) is 5.25. The first kappa shape index (κ1) is 20.8. The fourth-order valence-corrected chi connectivity index (χ4v) is 2.32. The molecular formula is C17H18F5N3O2. The number of carbonyl (C=O) groups is 1. The quantitative estimate of drug-likeness (QED) is 0.581. The summed E-state index contributed by atoms with van der Waals surface area (Å²) in [6.07, 6.45) is -3.65. The number of aromatic nitrogens is 2. The highest BCUT2D eigenvalue weighted by Gasteiger charge is 2.40. The van der Waals surface area contributed by atoms with Gasteiger partial charge < -0.3 is 14.6 Å². The van der Waals surface area contributed by atoms with Crippen molar-refractivity contribution in [2.45, 2.75) is 25.6 Å². The van der Waals surface area contributed by atoms with Gasteiger partial charge in [-0.25, -0.2) is 9.78 Å². The minimum atomic E-state index is -4.54. The van der Waals surface area contributed by atoms with E-state index in [1.165, 1.54) is 18.5 Å². The SMILES string of the molecule is CCOC(=O)C(F)(F)CNCc1ccc(-c2nc(C(F)(F)F)cn2C)cc1. The van der Waals surface area contributed by atoms with Gasteiger partial charge in [-0.1, -0.05) is 24.3 Å². The maximum Gasteiger partial charge on any atom is 0.434 e. The van der Waals surface area contributed by atoms with Gasteiger partial charge >= 0.3 is 18.1 Å². The van der Waals surface area contributed by atoms with Crippen LogP contribution in [0.25, 0.3) is 11.4 Å². The molecule has 1 N–H and O–H groups in total. The normalized spacial score (nSPS) is 12.3. The summed E-state index contributed by atoms with van der Waals surface area (Å²) in [5, 5.41) is 2.46. The number of carbonyl (C=O) groups excluding carboxylic acids is 1. The second kappa shape index (κ2) is 8.03. The highest BCUT2D eigenvalue weighted by molar-refractivity contribution is 5.77. The zero-order valence-corrected chi connectivity index (χ0v) is 14.6. The van der Waals surface area contributed by atoms with E-state index in [0.717, 1.165) is 6.20 Å². The van der Waals surface area contributed by atoms with E-state index < -0.39 is 30.3 Å². The topological polar surface area (TPSA) is 56.1 Å². The van der Waals surface area contributed by atoms with E-state index in [2.05, 4.69) is 15.0 Å². The maximum atomic E-state index is 13.5. The predicted octanol–water partition coefficient (Wildman–Crippen LogP) is 3.39. The number of imidazole rings is 1. The molecule has 1 aromatic carbocycles. The van der Waals surface area contributed by atoms with Crippen molar-refractivity contribution in [3.63, 3.8) is 0 Å². The summed E-state index contributed by atoms with van der Waals surface area (Å²) >= 11 is 0. The highest BCUT2D eigenvalue weighted by atomic mass is 19.4. The van der Waals surface area contributed by atoms with Crippen LogP contribution in [0.15, 0.2) is 30.5 Å². The van der Waals surface area contributed by atoms with E-state index in [1.54, 1.807) is 24.3 Å². The number of nitrogens with one attached hydrogen (secondary N) is 1. The van der Waals surface area contributed by atoms with Gasteiger partial charge in [0.2, 0.25) is 0 Å². The average Bonchev–Trinajstić information content (AvgIpc) is 2.98. The number of esters is 1. The Morgan fingerprint density at radius 2 is 1.81 bits per heavy atom. The van der Waals surface area contributed by atoms with Crippen LogP contribution in [0.5, 0.6) is 0 Å². The summed E-state index contributed by atoms with van der Waals surface area (Å²) < 4.78 is 70.7. The molecule has 27 heavy (non-hydrogen) atoms. The smallest absolute Gasteiger partial charge is 0.434 e. The van der Waals surface area contributed by atoms with Crippen molar-refractivity contribution in [2.75, 3.05) is 13.2 Å². The van der Waals surface area contributed by atoms with Crippen molar-refractivity contribution in [1.82, 2.24) is 14.9 Å². The lowest BCUT2D eigenvalue weighted by Crippen LogP contribution is -2.40. The first-order valence-corrected chi connectivity index (χ1v) is 8.00. The van der Waals surface area contributed by atoms with Crippen LogP contribution in [0, 0.1) is 0 Å². The average molecular weight is 391 g/mol. The third-order valence-corrected chi connectivity index (χ3v) is 3.63. The molecule has 1 aromatic heterocycles. The molecule has 0 radical (unpaired) electrons. The second-order valence-corrected chi connectivity index (χ2v) is 5.78. The summed E-state index contributed by atoms with van der Waals surface area (Å²) in [4.78, 5) is 14.7. The van der Waals surface area contributed by atoms with Crippen molar-refractivity contribution < 1.29 is 31.5 Å². The molecular weight excluding hydrogens is 373 g/mol. The number of aryl methyl sites for hydroxylation is 1. The van der Waals surface area contributed by atoms with Gasteiger partial charge in [0.1, 0.15) is 5.82 Å². The fourth-order valence-electron chi connectivity index (χ4n) is 2.32. The summed E-state index contributed by atoms with van der Waals surface area (Å²) in [6, 6.07) is 6.24. The first-order valence-electron chi connectivity index (χ1n) is 8.00. The summed E-state index contributed by atoms with van der Waals surface area (Å²) in [5.74, 6) is -5.10. The number of benzene rings is 1. The van der Waals surface area contributed by atoms with Crippen LogP contribution in [0.2, 0.25) is 0 Å². The fraction of sp³-hybridized carbons (Fsp3) is 0.412. The van der Waals surface area contributed by atoms with Gasteiger partial charge in [-0.05, 0) is 12.5 Å². The van der Waals surface area contributed by atoms with Crippen LogP contribution in [-0.4, -0.2) is 34.6 Å². The standard InChI is InChI=1S/C17H18F5N3O2/c1-3-27-15(26)16(18,19)10-23-8-11-4-6-12(7-5-11)14-24-13(9-25(14)2)17(20,21)22/h4-7,9,23H,3,8,10H2,1-2H3. The van der Waals surface area contributed by atoms with E-state index in [0.29, 0.717) is 11.1 Å². The minimum Gasteiger partial charge on any atom is -0.462 e. The number of alkyl halides is 5. The van der Waals surface area contributed by atoms with Gasteiger partial charge in [-0.15, -0.1) is 0 Å². The molecule has 2 rings (SSSR count). The number of hydrogen-bond donors (Lipinski definition) is 1. The van der Waals surface area contributed by atoms with Crippen LogP contribution in [0.3, 0.4) is 0 Å². The largest absolute Gasteiger partial charge is 0.462 e. The van der Waals surface area contributed by atoms with Crippen molar-refractivity contribution in [3.8, 4) is 11.4 Å². The molecule has 0 unspecified atom stereocenters. The lowest BCUT2D eigenvalue weighted by atomic mass is 10.1. The Hall–Kier alpha value is -2.49. The van der Waals surface area contributed by atoms with E-state index in [-0.39, 0.29) is 19.0 Å². The van der Waals surface area contributed by atoms with Crippen molar-refractivity contribution in [1.29, 1.82) is 0 Å². The lowest BCUT2D eigenvalue weighted by Gasteiger charge is -2.15. The second-order valence-electron chi connectivity index (χ2n) is 5.78. The molecule has 2 aromatic rings. The Morgan fingerprint density at radius 3 is 2.33 bits per heavy atom. The molecule has 0 amide bonds. The molecule has 0 saturated carbocycles. The molecule has 0 fully saturated rings. The molecule has 0 aliphatic carbocycles. The Bertz CT molecular complexity index is 785. The zero-order valence-electron chi connectivity index (χ0n) is 14.6. The van der Waals surface area contributed by atoms with E-state index in [9.17, 15) is 26.7 Å². The summed E-state index contributed by atoms with van der Waals surface area (Å²) in [5.41, 5.74) is 0.0733. The molecule has 1 heterocycles. The molecule has 148 valence electrons. The molecule has 0 spiro atoms. The van der Waals surface area contributed by atoms with Gasteiger partial charge in [-0.2, -0.15) is 22.0 Å². The summed E-state index contributed by atoms with van der Waals surface area (Å²) in [7, 11) is 1.45. The Balaban J connectivity index is 2.00. The van der Waals surface area contributed by atoms with Gasteiger partial charge in [0.15, 0.2) is 5.69 Å². The van der Waals surface area contributed by atoms with Crippen molar-refractivity contribution in [3.05, 3.63) is 41.7 Å². The Labute approximate surface area is 152 Å². The van der Waals surface area contributed by atoms with Crippen LogP contribution >= 0.6 is 0 Å². The third-order valence-electron chi connectivity index (χ3n) is 3.63. The number of halogens is 5. The van der Waals surface area contributed by atoms with Crippen LogP contribution < -0.4 is 5.32 Å². The van der Waals surface area contributed by atoms with Crippen molar-refractivity contribution in [2.24, 2.45) is 7.05 Å². The lowest BCUT2D eigenvalue weighted by molar-refractivity contribution is -0.170. The Morgan fingerprint density at radius 1 is 1.19 bits per heavy atom. The number of hydrogen-bond acceptors (Lipinski definition) is 4. The van der Waals surface area contributed by atoms with Gasteiger partial charge in [0, 0.05) is 25.4 Å². The highest BCUT2D eigenvalue weighted by Crippen LogP contribution is 2.30. The van der Waals surface area contributed by atoms with Gasteiger partial charge in [0.05, 0.1) is 13.2 Å². The van der Waals surface area contributed by atoms with E-state index in [4.69, 9.17) is 0 Å². The van der Waals surface area contributed by atoms with E-state index in [1.807, 2.05) is 0 Å². The predicted molar refractivity (Wildman–Crippen MR) is 86.9 cm³/mol. The summed E-state index contributed by atoms with van der Waals surface area (Å²) in [6.45, 7) is 0.451. The van der Waals surface area contributed by atoms with E-state index >= 15 is 0 Å². The van der Waals surface area contributed by atoms with Crippen LogP contribution in [-0.2, 0) is 29.3 Å². The van der Waals surface area contributed by atoms with Crippen LogP contribution in [0.4, 0.5) is 22.0 Å². The maximum absolute atomic E-state index is 13.5. The Kier molecular flexibility index (Phi) is 6.19. The molecule has 10 heteroatoms. The molecule has 5 nitrogen and oxygen atoms in total. The van der Waals surface area contributed by atoms with Crippen molar-refractivity contribution >= 4 is 5.97 Å². The number of rotatable bonds is 7. The zero-order chi connectivity index (χ0) is 20.2. The first-order chi connectivity index (χ1) is 12.5. The van der Waals surface area contributed by atoms with Gasteiger partial charge in [-0.3, -0.25) is 0 Å². The molecule has 0 bridgehead atoms. The molecule has 0 saturated heterocycles.